The van der Waals surface area contributed by atoms with Crippen LogP contribution in [0.15, 0.2) is 30.3 Å². The number of benzene rings is 1. The Kier molecular flexibility index (Phi) is 6.16. The van der Waals surface area contributed by atoms with Crippen LogP contribution in [0.2, 0.25) is 0 Å². The van der Waals surface area contributed by atoms with E-state index in [0.29, 0.717) is 24.0 Å². The third-order valence-corrected chi connectivity index (χ3v) is 2.79. The third-order valence-electron chi connectivity index (χ3n) is 2.42. The summed E-state index contributed by atoms with van der Waals surface area (Å²) in [5.74, 6) is 0.538. The second-order valence-corrected chi connectivity index (χ2v) is 4.86. The van der Waals surface area contributed by atoms with E-state index in [1.165, 1.54) is 0 Å². The monoisotopic (exact) mass is 261 g/mol. The van der Waals surface area contributed by atoms with Crippen LogP contribution in [-0.4, -0.2) is 18.2 Å². The molecule has 0 atom stereocenters. The molecule has 0 spiro atoms. The Balaban J connectivity index is 2.72. The predicted octanol–water partition coefficient (Wildman–Crippen LogP) is 2.94. The van der Waals surface area contributed by atoms with Gasteiger partial charge in [0.1, 0.15) is 0 Å². The van der Waals surface area contributed by atoms with Crippen LogP contribution in [0.25, 0.3) is 0 Å². The van der Waals surface area contributed by atoms with Crippen LogP contribution >= 0.6 is 12.2 Å². The lowest BCUT2D eigenvalue weighted by atomic mass is 10.2. The molecule has 0 saturated heterocycles. The molecule has 0 aromatic heterocycles. The summed E-state index contributed by atoms with van der Waals surface area (Å²) in [4.78, 5) is 1.97. The Bertz CT molecular complexity index is 409. The second-order valence-electron chi connectivity index (χ2n) is 4.48. The first-order chi connectivity index (χ1) is 8.65. The van der Waals surface area contributed by atoms with Gasteiger partial charge in [-0.1, -0.05) is 32.0 Å². The van der Waals surface area contributed by atoms with Crippen molar-refractivity contribution in [1.29, 1.82) is 5.26 Å². The molecule has 0 amide bonds. The maximum absolute atomic E-state index is 8.72. The summed E-state index contributed by atoms with van der Waals surface area (Å²) in [6.45, 7) is 5.73. The number of hydrogen-bond acceptors (Lipinski definition) is 2. The highest BCUT2D eigenvalue weighted by molar-refractivity contribution is 7.80. The summed E-state index contributed by atoms with van der Waals surface area (Å²) < 4.78 is 0. The number of nitriles is 1. The zero-order valence-electron chi connectivity index (χ0n) is 10.9. The summed E-state index contributed by atoms with van der Waals surface area (Å²) in [6.07, 6.45) is 0.457. The van der Waals surface area contributed by atoms with Gasteiger partial charge in [0.25, 0.3) is 0 Å². The first-order valence-electron chi connectivity index (χ1n) is 6.12. The Labute approximate surface area is 114 Å². The van der Waals surface area contributed by atoms with Crippen LogP contribution < -0.4 is 10.2 Å². The van der Waals surface area contributed by atoms with Crippen LogP contribution in [0.4, 0.5) is 5.69 Å². The summed E-state index contributed by atoms with van der Waals surface area (Å²) in [5.41, 5.74) is 1.02. The number of thiocarbonyl (C=S) groups is 1. The van der Waals surface area contributed by atoms with Crippen molar-refractivity contribution < 1.29 is 0 Å². The van der Waals surface area contributed by atoms with Gasteiger partial charge in [0.15, 0.2) is 5.11 Å². The predicted molar refractivity (Wildman–Crippen MR) is 79.5 cm³/mol. The summed E-state index contributed by atoms with van der Waals surface area (Å²) >= 11 is 5.39. The molecule has 0 unspecified atom stereocenters. The fourth-order valence-electron chi connectivity index (χ4n) is 1.50. The number of nitrogens with one attached hydrogen (secondary N) is 1. The smallest absolute Gasteiger partial charge is 0.173 e. The van der Waals surface area contributed by atoms with E-state index in [1.807, 2.05) is 35.2 Å². The first kappa shape index (κ1) is 14.5. The van der Waals surface area contributed by atoms with Crippen LogP contribution in [0.5, 0.6) is 0 Å². The summed E-state index contributed by atoms with van der Waals surface area (Å²) in [6, 6.07) is 12.1. The molecule has 1 N–H and O–H groups in total. The largest absolute Gasteiger partial charge is 0.362 e. The van der Waals surface area contributed by atoms with Crippen molar-refractivity contribution in [1.82, 2.24) is 5.32 Å². The number of rotatable bonds is 5. The third kappa shape index (κ3) is 4.72. The lowest BCUT2D eigenvalue weighted by Gasteiger charge is -2.25. The van der Waals surface area contributed by atoms with E-state index in [1.54, 1.807) is 0 Å². The minimum Gasteiger partial charge on any atom is -0.362 e. The highest BCUT2D eigenvalue weighted by Crippen LogP contribution is 2.13. The Morgan fingerprint density at radius 2 is 2.06 bits per heavy atom. The van der Waals surface area contributed by atoms with Crippen molar-refractivity contribution in [2.75, 3.05) is 18.0 Å². The standard InChI is InChI=1S/C14H19N3S/c1-12(2)11-16-14(18)17(10-6-9-15)13-7-4-3-5-8-13/h3-5,7-8,12H,6,10-11H2,1-2H3,(H,16,18). The minimum atomic E-state index is 0.457. The molecule has 1 rings (SSSR count). The topological polar surface area (TPSA) is 39.1 Å². The quantitative estimate of drug-likeness (QED) is 0.827. The molecule has 18 heavy (non-hydrogen) atoms. The van der Waals surface area contributed by atoms with Gasteiger partial charge >= 0.3 is 0 Å². The average Bonchev–Trinajstić information content (AvgIpc) is 2.38. The van der Waals surface area contributed by atoms with Gasteiger partial charge in [0.2, 0.25) is 0 Å². The molecule has 0 saturated carbocycles. The Hall–Kier alpha value is -1.60. The van der Waals surface area contributed by atoms with E-state index >= 15 is 0 Å². The maximum Gasteiger partial charge on any atom is 0.173 e. The zero-order chi connectivity index (χ0) is 13.4. The van der Waals surface area contributed by atoms with Gasteiger partial charge < -0.3 is 10.2 Å². The van der Waals surface area contributed by atoms with E-state index in [9.17, 15) is 0 Å². The average molecular weight is 261 g/mol. The Morgan fingerprint density at radius 1 is 1.39 bits per heavy atom. The van der Waals surface area contributed by atoms with E-state index in [4.69, 9.17) is 17.5 Å². The molecule has 0 radical (unpaired) electrons. The van der Waals surface area contributed by atoms with Crippen molar-refractivity contribution >= 4 is 23.0 Å². The summed E-state index contributed by atoms with van der Waals surface area (Å²) in [5, 5.41) is 12.6. The summed E-state index contributed by atoms with van der Waals surface area (Å²) in [7, 11) is 0. The first-order valence-corrected chi connectivity index (χ1v) is 6.53. The van der Waals surface area contributed by atoms with Gasteiger partial charge in [-0.2, -0.15) is 5.26 Å². The van der Waals surface area contributed by atoms with Crippen LogP contribution in [-0.2, 0) is 0 Å². The molecule has 96 valence electrons. The second kappa shape index (κ2) is 7.67. The highest BCUT2D eigenvalue weighted by Gasteiger charge is 2.11. The lowest BCUT2D eigenvalue weighted by Crippen LogP contribution is -2.41. The molecule has 1 aromatic carbocycles. The SMILES string of the molecule is CC(C)CNC(=S)N(CCC#N)c1ccccc1. The molecule has 0 heterocycles. The van der Waals surface area contributed by atoms with Gasteiger partial charge in [-0.3, -0.25) is 0 Å². The molecule has 1 aromatic rings. The van der Waals surface area contributed by atoms with E-state index in [-0.39, 0.29) is 0 Å². The van der Waals surface area contributed by atoms with Crippen molar-refractivity contribution in [3.05, 3.63) is 30.3 Å². The van der Waals surface area contributed by atoms with Crippen molar-refractivity contribution in [3.8, 4) is 6.07 Å². The number of anilines is 1. The fraction of sp³-hybridized carbons (Fsp3) is 0.429. The Morgan fingerprint density at radius 3 is 2.61 bits per heavy atom. The van der Waals surface area contributed by atoms with Gasteiger partial charge in [0.05, 0.1) is 12.5 Å². The van der Waals surface area contributed by atoms with Crippen LogP contribution in [0.1, 0.15) is 20.3 Å². The van der Waals surface area contributed by atoms with Crippen molar-refractivity contribution in [2.45, 2.75) is 20.3 Å². The molecule has 0 aliphatic heterocycles. The molecular weight excluding hydrogens is 242 g/mol. The van der Waals surface area contributed by atoms with Crippen molar-refractivity contribution in [3.63, 3.8) is 0 Å². The molecule has 4 heteroatoms. The maximum atomic E-state index is 8.72. The number of para-hydroxylation sites is 1. The fourth-order valence-corrected chi connectivity index (χ4v) is 1.78. The van der Waals surface area contributed by atoms with Crippen LogP contribution in [0, 0.1) is 17.2 Å². The molecule has 0 fully saturated rings. The normalized spacial score (nSPS) is 9.89. The highest BCUT2D eigenvalue weighted by atomic mass is 32.1. The van der Waals surface area contributed by atoms with E-state index in [0.717, 1.165) is 12.2 Å². The van der Waals surface area contributed by atoms with E-state index < -0.39 is 0 Å². The van der Waals surface area contributed by atoms with Gasteiger partial charge in [-0.05, 0) is 30.3 Å². The number of nitrogens with zero attached hydrogens (tertiary/aromatic N) is 2. The molecule has 0 aliphatic carbocycles. The van der Waals surface area contributed by atoms with Gasteiger partial charge in [-0.15, -0.1) is 0 Å². The molecule has 0 aliphatic rings. The minimum absolute atomic E-state index is 0.457. The van der Waals surface area contributed by atoms with E-state index in [2.05, 4.69) is 25.2 Å². The van der Waals surface area contributed by atoms with Gasteiger partial charge in [0, 0.05) is 18.8 Å². The van der Waals surface area contributed by atoms with Gasteiger partial charge in [-0.25, -0.2) is 0 Å². The molecule has 0 bridgehead atoms. The lowest BCUT2D eigenvalue weighted by molar-refractivity contribution is 0.623. The van der Waals surface area contributed by atoms with Crippen molar-refractivity contribution in [2.24, 2.45) is 5.92 Å². The number of hydrogen-bond donors (Lipinski definition) is 1. The molecular formula is C14H19N3S. The van der Waals surface area contributed by atoms with Crippen LogP contribution in [0.3, 0.4) is 0 Å². The molecule has 3 nitrogen and oxygen atoms in total. The zero-order valence-corrected chi connectivity index (χ0v) is 11.7.